The summed E-state index contributed by atoms with van der Waals surface area (Å²) in [6.07, 6.45) is 2.28. The van der Waals surface area contributed by atoms with Crippen LogP contribution in [0.2, 0.25) is 18.1 Å². The molecule has 1 aromatic heterocycles. The molecule has 6 nitrogen and oxygen atoms in total. The second kappa shape index (κ2) is 10.4. The number of halogens is 2. The summed E-state index contributed by atoms with van der Waals surface area (Å²) in [5.41, 5.74) is 2.72. The lowest BCUT2D eigenvalue weighted by atomic mass is 10.0. The Morgan fingerprint density at radius 1 is 1.15 bits per heavy atom. The van der Waals surface area contributed by atoms with Gasteiger partial charge in [-0.1, -0.05) is 20.8 Å². The van der Waals surface area contributed by atoms with E-state index in [9.17, 15) is 13.6 Å². The minimum absolute atomic E-state index is 0.0563. The highest BCUT2D eigenvalue weighted by Crippen LogP contribution is 2.36. The number of anilines is 1. The molecule has 0 unspecified atom stereocenters. The summed E-state index contributed by atoms with van der Waals surface area (Å²) in [6, 6.07) is 4.45. The highest BCUT2D eigenvalue weighted by molar-refractivity contribution is 6.74. The molecular weight excluding hydrogens is 458 g/mol. The number of rotatable bonds is 8. The number of hydrogen-bond donors (Lipinski definition) is 0. The van der Waals surface area contributed by atoms with Crippen molar-refractivity contribution in [1.82, 2.24) is 4.98 Å². The Kier molecular flexibility index (Phi) is 7.97. The van der Waals surface area contributed by atoms with Crippen molar-refractivity contribution in [2.45, 2.75) is 58.8 Å². The van der Waals surface area contributed by atoms with Crippen LogP contribution < -0.4 is 9.64 Å². The zero-order valence-corrected chi connectivity index (χ0v) is 21.8. The van der Waals surface area contributed by atoms with Crippen molar-refractivity contribution in [3.05, 3.63) is 52.9 Å². The van der Waals surface area contributed by atoms with E-state index in [1.54, 1.807) is 19.2 Å². The van der Waals surface area contributed by atoms with Gasteiger partial charge in [-0.25, -0.2) is 14.2 Å². The average Bonchev–Trinajstić information content (AvgIpc) is 2.77. The maximum atomic E-state index is 14.4. The topological polar surface area (TPSA) is 60.9 Å². The third-order valence-corrected chi connectivity index (χ3v) is 11.1. The lowest BCUT2D eigenvalue weighted by Crippen LogP contribution is -2.41. The maximum Gasteiger partial charge on any atom is 0.356 e. The molecule has 1 aliphatic rings. The Balaban J connectivity index is 1.69. The fourth-order valence-corrected chi connectivity index (χ4v) is 4.51. The first-order valence-electron chi connectivity index (χ1n) is 11.6. The van der Waals surface area contributed by atoms with Gasteiger partial charge in [-0.3, -0.25) is 0 Å². The summed E-state index contributed by atoms with van der Waals surface area (Å²) in [5, 5.41) is 0.0563. The van der Waals surface area contributed by atoms with Crippen molar-refractivity contribution < 1.29 is 27.5 Å². The van der Waals surface area contributed by atoms with Gasteiger partial charge < -0.3 is 18.8 Å². The van der Waals surface area contributed by atoms with Crippen molar-refractivity contribution in [2.24, 2.45) is 0 Å². The molecule has 0 saturated heterocycles. The van der Waals surface area contributed by atoms with Crippen molar-refractivity contribution in [1.29, 1.82) is 0 Å². The number of ether oxygens (including phenoxy) is 2. The Morgan fingerprint density at radius 3 is 2.56 bits per heavy atom. The zero-order chi connectivity index (χ0) is 25.1. The molecule has 1 aromatic carbocycles. The monoisotopic (exact) mass is 492 g/mol. The minimum atomic E-state index is -1.95. The normalized spacial score (nSPS) is 14.1. The van der Waals surface area contributed by atoms with Gasteiger partial charge in [-0.15, -0.1) is 0 Å². The van der Waals surface area contributed by atoms with Crippen molar-refractivity contribution in [2.75, 3.05) is 31.3 Å². The van der Waals surface area contributed by atoms with Gasteiger partial charge in [-0.05, 0) is 48.7 Å². The van der Waals surface area contributed by atoms with Gasteiger partial charge in [0.15, 0.2) is 19.9 Å². The molecular formula is C25H34F2N2O4Si. The predicted octanol–water partition coefficient (Wildman–Crippen LogP) is 5.50. The van der Waals surface area contributed by atoms with Gasteiger partial charge >= 0.3 is 5.97 Å². The van der Waals surface area contributed by atoms with Gasteiger partial charge in [0.2, 0.25) is 5.82 Å². The van der Waals surface area contributed by atoms with E-state index in [0.29, 0.717) is 31.8 Å². The standard InChI is InChI=1S/C25H34F2N2O4Si/c1-7-31-24(30)21-12-17-8-9-29(16-18(17)15-28-21)19-13-20(26)23(27)22(14-19)32-10-11-33-34(5,6)25(2,3)4/h12-15H,7-11,16H2,1-6H3. The lowest BCUT2D eigenvalue weighted by molar-refractivity contribution is 0.0519. The maximum absolute atomic E-state index is 14.4. The average molecular weight is 493 g/mol. The van der Waals surface area contributed by atoms with E-state index in [2.05, 4.69) is 38.8 Å². The predicted molar refractivity (Wildman–Crippen MR) is 130 cm³/mol. The van der Waals surface area contributed by atoms with Crippen LogP contribution in [0.1, 0.15) is 49.3 Å². The van der Waals surface area contributed by atoms with Gasteiger partial charge in [0.1, 0.15) is 12.3 Å². The number of hydrogen-bond acceptors (Lipinski definition) is 6. The molecule has 2 aromatic rings. The zero-order valence-electron chi connectivity index (χ0n) is 20.8. The van der Waals surface area contributed by atoms with E-state index < -0.39 is 25.9 Å². The van der Waals surface area contributed by atoms with Crippen molar-refractivity contribution >= 4 is 20.0 Å². The molecule has 9 heteroatoms. The van der Waals surface area contributed by atoms with Crippen LogP contribution in [0.15, 0.2) is 24.4 Å². The molecule has 0 bridgehead atoms. The molecule has 0 N–H and O–H groups in total. The SMILES string of the molecule is CCOC(=O)c1cc2c(cn1)CN(c1cc(F)c(F)c(OCCO[Si](C)(C)C(C)(C)C)c1)CC2. The van der Waals surface area contributed by atoms with Crippen LogP contribution in [0.4, 0.5) is 14.5 Å². The quantitative estimate of drug-likeness (QED) is 0.276. The summed E-state index contributed by atoms with van der Waals surface area (Å²) in [7, 11) is -1.95. The smallest absolute Gasteiger partial charge is 0.356 e. The molecule has 0 amide bonds. The molecule has 0 aliphatic carbocycles. The van der Waals surface area contributed by atoms with Crippen LogP contribution in [-0.4, -0.2) is 45.6 Å². The number of carbonyl (C=O) groups is 1. The molecule has 2 heterocycles. The van der Waals surface area contributed by atoms with Crippen LogP contribution in [0, 0.1) is 11.6 Å². The Bertz CT molecular complexity index is 1040. The van der Waals surface area contributed by atoms with Gasteiger partial charge in [0, 0.05) is 37.1 Å². The number of esters is 1. The van der Waals surface area contributed by atoms with Crippen LogP contribution in [0.25, 0.3) is 0 Å². The summed E-state index contributed by atoms with van der Waals surface area (Å²) in [6.45, 7) is 14.2. The van der Waals surface area contributed by atoms with E-state index >= 15 is 0 Å². The summed E-state index contributed by atoms with van der Waals surface area (Å²) < 4.78 is 45.5. The van der Waals surface area contributed by atoms with E-state index in [-0.39, 0.29) is 29.7 Å². The molecule has 34 heavy (non-hydrogen) atoms. The molecule has 0 atom stereocenters. The highest BCUT2D eigenvalue weighted by Gasteiger charge is 2.37. The van der Waals surface area contributed by atoms with Gasteiger partial charge in [0.25, 0.3) is 0 Å². The molecule has 1 aliphatic heterocycles. The fourth-order valence-electron chi connectivity index (χ4n) is 3.48. The second-order valence-corrected chi connectivity index (χ2v) is 14.7. The molecule has 186 valence electrons. The molecule has 0 fully saturated rings. The van der Waals surface area contributed by atoms with Crippen LogP contribution in [-0.2, 0) is 22.1 Å². The number of pyridine rings is 1. The number of benzene rings is 1. The molecule has 0 spiro atoms. The second-order valence-electron chi connectivity index (χ2n) is 9.93. The number of carbonyl (C=O) groups excluding carboxylic acids is 1. The highest BCUT2D eigenvalue weighted by atomic mass is 28.4. The van der Waals surface area contributed by atoms with Crippen molar-refractivity contribution in [3.8, 4) is 5.75 Å². The summed E-state index contributed by atoms with van der Waals surface area (Å²) in [5.74, 6) is -2.54. The Labute approximate surface area is 201 Å². The summed E-state index contributed by atoms with van der Waals surface area (Å²) >= 11 is 0. The van der Waals surface area contributed by atoms with E-state index in [1.165, 1.54) is 12.1 Å². The summed E-state index contributed by atoms with van der Waals surface area (Å²) in [4.78, 5) is 18.1. The largest absolute Gasteiger partial charge is 0.488 e. The first kappa shape index (κ1) is 26.1. The molecule has 0 saturated carbocycles. The fraction of sp³-hybridized carbons (Fsp3) is 0.520. The van der Waals surface area contributed by atoms with E-state index in [0.717, 1.165) is 11.1 Å². The Hall–Kier alpha value is -2.52. The number of aromatic nitrogens is 1. The molecule has 0 radical (unpaired) electrons. The van der Waals surface area contributed by atoms with Crippen LogP contribution >= 0.6 is 0 Å². The number of fused-ring (bicyclic) bond motifs is 1. The molecule has 3 rings (SSSR count). The van der Waals surface area contributed by atoms with Crippen LogP contribution in [0.5, 0.6) is 5.75 Å². The van der Waals surface area contributed by atoms with E-state index in [4.69, 9.17) is 13.9 Å². The third-order valence-electron chi connectivity index (χ3n) is 6.53. The number of nitrogens with zero attached hydrogens (tertiary/aromatic N) is 2. The first-order valence-corrected chi connectivity index (χ1v) is 14.5. The Morgan fingerprint density at radius 2 is 1.88 bits per heavy atom. The first-order chi connectivity index (χ1) is 15.9. The van der Waals surface area contributed by atoms with Gasteiger partial charge in [0.05, 0.1) is 13.2 Å². The minimum Gasteiger partial charge on any atom is -0.488 e. The third kappa shape index (κ3) is 5.93. The van der Waals surface area contributed by atoms with E-state index in [1.807, 2.05) is 4.90 Å². The van der Waals surface area contributed by atoms with Crippen LogP contribution in [0.3, 0.4) is 0 Å². The van der Waals surface area contributed by atoms with Crippen molar-refractivity contribution in [3.63, 3.8) is 0 Å². The lowest BCUT2D eigenvalue weighted by Gasteiger charge is -2.36. The van der Waals surface area contributed by atoms with Gasteiger partial charge in [-0.2, -0.15) is 4.39 Å².